The molecule has 1 heterocycles. The van der Waals surface area contributed by atoms with E-state index in [1.165, 1.54) is 0 Å². The van der Waals surface area contributed by atoms with Crippen molar-refractivity contribution in [2.24, 2.45) is 0 Å². The van der Waals surface area contributed by atoms with E-state index < -0.39 is 6.04 Å². The van der Waals surface area contributed by atoms with E-state index in [0.29, 0.717) is 17.0 Å². The van der Waals surface area contributed by atoms with Gasteiger partial charge in [-0.05, 0) is 50.1 Å². The lowest BCUT2D eigenvalue weighted by Gasteiger charge is -2.29. The monoisotopic (exact) mass is 365 g/mol. The van der Waals surface area contributed by atoms with Gasteiger partial charge in [0.2, 0.25) is 0 Å². The quantitative estimate of drug-likeness (QED) is 0.775. The minimum Gasteiger partial charge on any atom is -0.497 e. The maximum atomic E-state index is 13.1. The zero-order chi connectivity index (χ0) is 19.6. The van der Waals surface area contributed by atoms with Gasteiger partial charge in [0.25, 0.3) is 5.91 Å². The number of amides is 3. The molecule has 1 atom stereocenters. The van der Waals surface area contributed by atoms with E-state index in [2.05, 4.69) is 16.0 Å². The normalized spacial score (nSPS) is 16.4. The van der Waals surface area contributed by atoms with Crippen LogP contribution in [0, 0.1) is 13.8 Å². The third kappa shape index (κ3) is 3.95. The van der Waals surface area contributed by atoms with Gasteiger partial charge in [0, 0.05) is 11.4 Å². The molecule has 2 aromatic carbocycles. The van der Waals surface area contributed by atoms with Crippen LogP contribution in [0.25, 0.3) is 0 Å². The summed E-state index contributed by atoms with van der Waals surface area (Å²) < 4.78 is 5.27. The largest absolute Gasteiger partial charge is 0.497 e. The van der Waals surface area contributed by atoms with Crippen LogP contribution in [0.15, 0.2) is 53.7 Å². The zero-order valence-electron chi connectivity index (χ0n) is 15.8. The standard InChI is InChI=1S/C21H23N3O3/c1-12-8-9-17(13(2)10-12)23-20(25)18-14(3)22-21(26)24-19(18)15-6-5-7-16(11-15)27-4/h5-11,19H,1-4H3,(H,23,25)(H2,22,24,26)/t19-/m0/s1. The van der Waals surface area contributed by atoms with Crippen molar-refractivity contribution in [3.05, 3.63) is 70.4 Å². The Labute approximate surface area is 158 Å². The molecular formula is C21H23N3O3. The van der Waals surface area contributed by atoms with Gasteiger partial charge >= 0.3 is 6.03 Å². The summed E-state index contributed by atoms with van der Waals surface area (Å²) in [6.07, 6.45) is 0. The fourth-order valence-corrected chi connectivity index (χ4v) is 3.21. The number of aryl methyl sites for hydroxylation is 2. The lowest BCUT2D eigenvalue weighted by Crippen LogP contribution is -2.46. The molecule has 1 aliphatic heterocycles. The van der Waals surface area contributed by atoms with Gasteiger partial charge in [0.05, 0.1) is 18.7 Å². The molecule has 140 valence electrons. The number of anilines is 1. The minimum absolute atomic E-state index is 0.264. The fraction of sp³-hybridized carbons (Fsp3) is 0.238. The van der Waals surface area contributed by atoms with Crippen molar-refractivity contribution in [2.45, 2.75) is 26.8 Å². The van der Waals surface area contributed by atoms with Crippen molar-refractivity contribution in [1.82, 2.24) is 10.6 Å². The minimum atomic E-state index is -0.570. The predicted octanol–water partition coefficient (Wildman–Crippen LogP) is 3.58. The van der Waals surface area contributed by atoms with Crippen LogP contribution in [0.2, 0.25) is 0 Å². The number of urea groups is 1. The second kappa shape index (κ2) is 7.53. The molecule has 0 aliphatic carbocycles. The molecule has 6 nitrogen and oxygen atoms in total. The van der Waals surface area contributed by atoms with Gasteiger partial charge in [-0.3, -0.25) is 4.79 Å². The van der Waals surface area contributed by atoms with Crippen molar-refractivity contribution < 1.29 is 14.3 Å². The molecule has 0 bridgehead atoms. The second-order valence-corrected chi connectivity index (χ2v) is 6.62. The Morgan fingerprint density at radius 2 is 1.89 bits per heavy atom. The first-order valence-electron chi connectivity index (χ1n) is 8.70. The molecule has 0 fully saturated rings. The summed E-state index contributed by atoms with van der Waals surface area (Å²) >= 11 is 0. The Hall–Kier alpha value is -3.28. The molecule has 6 heteroatoms. The van der Waals surface area contributed by atoms with Crippen LogP contribution in [-0.2, 0) is 4.79 Å². The average molecular weight is 365 g/mol. The Balaban J connectivity index is 1.96. The Bertz CT molecular complexity index is 934. The first-order chi connectivity index (χ1) is 12.9. The molecule has 0 spiro atoms. The zero-order valence-corrected chi connectivity index (χ0v) is 15.8. The highest BCUT2D eigenvalue weighted by Gasteiger charge is 2.31. The summed E-state index contributed by atoms with van der Waals surface area (Å²) in [5, 5.41) is 8.48. The first-order valence-corrected chi connectivity index (χ1v) is 8.70. The van der Waals surface area contributed by atoms with Gasteiger partial charge in [-0.25, -0.2) is 4.79 Å². The molecule has 0 aromatic heterocycles. The molecule has 0 unspecified atom stereocenters. The van der Waals surface area contributed by atoms with Gasteiger partial charge < -0.3 is 20.7 Å². The van der Waals surface area contributed by atoms with Crippen LogP contribution in [0.3, 0.4) is 0 Å². The molecular weight excluding hydrogens is 342 g/mol. The van der Waals surface area contributed by atoms with Crippen LogP contribution >= 0.6 is 0 Å². The molecule has 3 amide bonds. The van der Waals surface area contributed by atoms with Gasteiger partial charge in [-0.2, -0.15) is 0 Å². The fourth-order valence-electron chi connectivity index (χ4n) is 3.21. The van der Waals surface area contributed by atoms with E-state index in [4.69, 9.17) is 4.74 Å². The number of carbonyl (C=O) groups is 2. The highest BCUT2D eigenvalue weighted by atomic mass is 16.5. The number of nitrogens with one attached hydrogen (secondary N) is 3. The highest BCUT2D eigenvalue weighted by molar-refractivity contribution is 6.07. The van der Waals surface area contributed by atoms with E-state index in [9.17, 15) is 9.59 Å². The number of carbonyl (C=O) groups excluding carboxylic acids is 2. The molecule has 0 radical (unpaired) electrons. The Morgan fingerprint density at radius 1 is 1.11 bits per heavy atom. The number of hydrogen-bond donors (Lipinski definition) is 3. The van der Waals surface area contributed by atoms with Crippen LogP contribution in [0.1, 0.15) is 29.7 Å². The van der Waals surface area contributed by atoms with Crippen LogP contribution < -0.4 is 20.7 Å². The molecule has 0 saturated heterocycles. The smallest absolute Gasteiger partial charge is 0.319 e. The Kier molecular flexibility index (Phi) is 5.16. The third-order valence-electron chi connectivity index (χ3n) is 4.57. The van der Waals surface area contributed by atoms with Gasteiger partial charge in [-0.15, -0.1) is 0 Å². The highest BCUT2D eigenvalue weighted by Crippen LogP contribution is 2.30. The maximum absolute atomic E-state index is 13.1. The molecule has 2 aromatic rings. The van der Waals surface area contributed by atoms with Crippen molar-refractivity contribution in [2.75, 3.05) is 12.4 Å². The van der Waals surface area contributed by atoms with Crippen LogP contribution in [-0.4, -0.2) is 19.0 Å². The number of allylic oxidation sites excluding steroid dienone is 1. The van der Waals surface area contributed by atoms with Gasteiger partial charge in [0.15, 0.2) is 0 Å². The van der Waals surface area contributed by atoms with E-state index in [1.54, 1.807) is 14.0 Å². The average Bonchev–Trinajstić information content (AvgIpc) is 2.63. The van der Waals surface area contributed by atoms with Crippen molar-refractivity contribution in [3.8, 4) is 5.75 Å². The summed E-state index contributed by atoms with van der Waals surface area (Å²) in [6, 6.07) is 12.2. The summed E-state index contributed by atoms with van der Waals surface area (Å²) in [6.45, 7) is 5.68. The van der Waals surface area contributed by atoms with E-state index in [-0.39, 0.29) is 11.9 Å². The summed E-state index contributed by atoms with van der Waals surface area (Å²) in [7, 11) is 1.58. The number of hydrogen-bond acceptors (Lipinski definition) is 3. The Morgan fingerprint density at radius 3 is 2.59 bits per heavy atom. The topological polar surface area (TPSA) is 79.5 Å². The number of methoxy groups -OCH3 is 1. The maximum Gasteiger partial charge on any atom is 0.319 e. The van der Waals surface area contributed by atoms with Gasteiger partial charge in [-0.1, -0.05) is 29.8 Å². The summed E-state index contributed by atoms with van der Waals surface area (Å²) in [5.41, 5.74) is 4.60. The van der Waals surface area contributed by atoms with E-state index in [0.717, 1.165) is 22.4 Å². The summed E-state index contributed by atoms with van der Waals surface area (Å²) in [5.74, 6) is 0.395. The van der Waals surface area contributed by atoms with Gasteiger partial charge in [0.1, 0.15) is 5.75 Å². The lowest BCUT2D eigenvalue weighted by atomic mass is 9.94. The van der Waals surface area contributed by atoms with Crippen molar-refractivity contribution in [3.63, 3.8) is 0 Å². The van der Waals surface area contributed by atoms with Crippen molar-refractivity contribution in [1.29, 1.82) is 0 Å². The lowest BCUT2D eigenvalue weighted by molar-refractivity contribution is -0.113. The first kappa shape index (κ1) is 18.5. The van der Waals surface area contributed by atoms with Crippen molar-refractivity contribution >= 4 is 17.6 Å². The van der Waals surface area contributed by atoms with E-state index in [1.807, 2.05) is 56.3 Å². The summed E-state index contributed by atoms with van der Waals surface area (Å²) in [4.78, 5) is 25.1. The second-order valence-electron chi connectivity index (χ2n) is 6.62. The van der Waals surface area contributed by atoms with Crippen LogP contribution in [0.5, 0.6) is 5.75 Å². The molecule has 27 heavy (non-hydrogen) atoms. The number of rotatable bonds is 4. The number of ether oxygens (including phenoxy) is 1. The molecule has 0 saturated carbocycles. The van der Waals surface area contributed by atoms with E-state index >= 15 is 0 Å². The number of benzene rings is 2. The molecule has 1 aliphatic rings. The van der Waals surface area contributed by atoms with Crippen LogP contribution in [0.4, 0.5) is 10.5 Å². The predicted molar refractivity (Wildman–Crippen MR) is 105 cm³/mol. The SMILES string of the molecule is COc1cccc([C@@H]2NC(=O)NC(C)=C2C(=O)Nc2ccc(C)cc2C)c1. The molecule has 3 rings (SSSR count). The molecule has 3 N–H and O–H groups in total. The third-order valence-corrected chi connectivity index (χ3v) is 4.57.